The molecule has 4 heterocycles. The van der Waals surface area contributed by atoms with Crippen molar-refractivity contribution in [3.05, 3.63) is 24.3 Å². The van der Waals surface area contributed by atoms with Crippen molar-refractivity contribution >= 4 is 11.9 Å². The Labute approximate surface area is 451 Å². The van der Waals surface area contributed by atoms with Crippen molar-refractivity contribution in [2.24, 2.45) is 23.7 Å². The van der Waals surface area contributed by atoms with Crippen molar-refractivity contribution < 1.29 is 128 Å². The van der Waals surface area contributed by atoms with E-state index in [0.717, 1.165) is 6.08 Å². The summed E-state index contributed by atoms with van der Waals surface area (Å²) in [5.74, 6) is -2.99. The van der Waals surface area contributed by atoms with Crippen molar-refractivity contribution in [3.8, 4) is 0 Å². The average Bonchev–Trinajstić information content (AvgIpc) is 3.51. The number of fused-ring (bicyclic) bond motifs is 1. The zero-order chi connectivity index (χ0) is 56.1. The number of esters is 2. The van der Waals surface area contributed by atoms with Crippen LogP contribution in [0.3, 0.4) is 0 Å². The largest absolute Gasteiger partial charge is 0.460 e. The van der Waals surface area contributed by atoms with Gasteiger partial charge in [0, 0.05) is 31.6 Å². The van der Waals surface area contributed by atoms with E-state index in [4.69, 9.17) is 47.4 Å². The predicted molar refractivity (Wildman–Crippen MR) is 259 cm³/mol. The maximum absolute atomic E-state index is 13.1. The number of carbonyl (C=O) groups excluding carboxylic acids is 2. The summed E-state index contributed by atoms with van der Waals surface area (Å²) in [6.07, 6.45) is -24.5. The van der Waals surface area contributed by atoms with Gasteiger partial charge in [0.1, 0.15) is 86.5 Å². The zero-order valence-electron chi connectivity index (χ0n) is 43.5. The first-order valence-electron chi connectivity index (χ1n) is 27.5. The van der Waals surface area contributed by atoms with Gasteiger partial charge in [0.25, 0.3) is 0 Å². The molecule has 26 nitrogen and oxygen atoms in total. The molecule has 26 heteroatoms. The maximum Gasteiger partial charge on any atom is 0.330 e. The van der Waals surface area contributed by atoms with Gasteiger partial charge in [0.05, 0.1) is 67.6 Å². The van der Waals surface area contributed by atoms with Gasteiger partial charge in [-0.05, 0) is 94.8 Å². The molecule has 0 aromatic rings. The summed E-state index contributed by atoms with van der Waals surface area (Å²) < 4.78 is 60.2. The average molecular weight is 1120 g/mol. The summed E-state index contributed by atoms with van der Waals surface area (Å²) in [5, 5.41) is 151. The van der Waals surface area contributed by atoms with E-state index in [1.165, 1.54) is 19.3 Å². The van der Waals surface area contributed by atoms with Crippen molar-refractivity contribution in [1.82, 2.24) is 0 Å². The third-order valence-corrected chi connectivity index (χ3v) is 17.2. The van der Waals surface area contributed by atoms with Crippen molar-refractivity contribution in [3.63, 3.8) is 0 Å². The maximum atomic E-state index is 13.1. The Morgan fingerprint density at radius 3 is 1.62 bits per heavy atom. The second kappa shape index (κ2) is 27.7. The van der Waals surface area contributed by atoms with Crippen LogP contribution in [0.1, 0.15) is 83.5 Å². The highest BCUT2D eigenvalue weighted by Gasteiger charge is 2.56. The number of hydrogen-bond donors (Lipinski definition) is 14. The number of rotatable bonds is 17. The van der Waals surface area contributed by atoms with E-state index in [1.54, 1.807) is 6.08 Å². The predicted octanol–water partition coefficient (Wildman–Crippen LogP) is -4.43. The Balaban J connectivity index is 1.03. The van der Waals surface area contributed by atoms with E-state index in [9.17, 15) is 81.1 Å². The summed E-state index contributed by atoms with van der Waals surface area (Å²) in [5.41, 5.74) is 0. The van der Waals surface area contributed by atoms with Gasteiger partial charge < -0.3 is 119 Å². The number of ether oxygens (including phenoxy) is 10. The molecule has 0 radical (unpaired) electrons. The Morgan fingerprint density at radius 2 is 1.01 bits per heavy atom. The third-order valence-electron chi connectivity index (χ3n) is 17.2. The van der Waals surface area contributed by atoms with Gasteiger partial charge in [-0.25, -0.2) is 9.59 Å². The topological polar surface area (TPSA) is 410 Å². The highest BCUT2D eigenvalue weighted by Crippen LogP contribution is 2.45. The number of carbonyl (C=O) groups is 2. The first kappa shape index (κ1) is 61.6. The Bertz CT molecular complexity index is 1960. The van der Waals surface area contributed by atoms with Gasteiger partial charge in [-0.15, -0.1) is 0 Å². The summed E-state index contributed by atoms with van der Waals surface area (Å²) >= 11 is 0. The minimum Gasteiger partial charge on any atom is -0.460 e. The lowest BCUT2D eigenvalue weighted by Gasteiger charge is -2.52. The van der Waals surface area contributed by atoms with Crippen molar-refractivity contribution in [1.29, 1.82) is 0 Å². The highest BCUT2D eigenvalue weighted by atomic mass is 16.8. The minimum absolute atomic E-state index is 0.0213. The third kappa shape index (κ3) is 14.8. The van der Waals surface area contributed by atoms with Gasteiger partial charge in [-0.3, -0.25) is 0 Å². The van der Waals surface area contributed by atoms with Crippen LogP contribution in [0, 0.1) is 23.7 Å². The summed E-state index contributed by atoms with van der Waals surface area (Å²) in [7, 11) is 1.48. The van der Waals surface area contributed by atoms with Crippen molar-refractivity contribution in [2.45, 2.75) is 237 Å². The molecule has 27 unspecified atom stereocenters. The van der Waals surface area contributed by atoms with Gasteiger partial charge >= 0.3 is 11.9 Å². The Morgan fingerprint density at radius 1 is 0.474 bits per heavy atom. The minimum atomic E-state index is -2.03. The molecule has 0 aromatic heterocycles. The molecule has 4 saturated heterocycles. The molecule has 0 amide bonds. The molecule has 0 spiro atoms. The lowest BCUT2D eigenvalue weighted by molar-refractivity contribution is -0.380. The van der Waals surface area contributed by atoms with Gasteiger partial charge in [0.2, 0.25) is 0 Å². The van der Waals surface area contributed by atoms with Gasteiger partial charge in [-0.2, -0.15) is 0 Å². The molecule has 0 aromatic carbocycles. The Kier molecular flexibility index (Phi) is 21.9. The molecule has 8 aliphatic rings. The molecule has 4 aliphatic carbocycles. The molecule has 8 fully saturated rings. The summed E-state index contributed by atoms with van der Waals surface area (Å²) in [6.45, 7) is -2.04. The van der Waals surface area contributed by atoms with Crippen LogP contribution in [-0.4, -0.2) is 264 Å². The van der Waals surface area contributed by atoms with Crippen LogP contribution in [0.2, 0.25) is 0 Å². The second-order valence-corrected chi connectivity index (χ2v) is 22.5. The molecule has 4 aliphatic heterocycles. The normalized spacial score (nSPS) is 48.6. The zero-order valence-corrected chi connectivity index (χ0v) is 43.5. The fraction of sp³-hybridized carbons (Fsp3) is 0.885. The van der Waals surface area contributed by atoms with Crippen LogP contribution in [0.4, 0.5) is 0 Å². The number of methoxy groups -OCH3 is 1. The number of allylic oxidation sites excluding steroid dienone is 2. The molecule has 78 heavy (non-hydrogen) atoms. The van der Waals surface area contributed by atoms with Crippen LogP contribution in [0.5, 0.6) is 0 Å². The first-order chi connectivity index (χ1) is 37.2. The van der Waals surface area contributed by atoms with E-state index < -0.39 is 191 Å². The second-order valence-electron chi connectivity index (χ2n) is 22.5. The molecule has 446 valence electrons. The molecule has 4 saturated carbocycles. The molecule has 8 rings (SSSR count). The van der Waals surface area contributed by atoms with Gasteiger partial charge in [-0.1, -0.05) is 12.2 Å². The lowest BCUT2D eigenvalue weighted by atomic mass is 9.73. The van der Waals surface area contributed by atoms with E-state index in [1.807, 2.05) is 0 Å². The van der Waals surface area contributed by atoms with E-state index >= 15 is 0 Å². The van der Waals surface area contributed by atoms with Crippen molar-refractivity contribution in [2.75, 3.05) is 26.9 Å². The molecule has 14 N–H and O–H groups in total. The SMILES string of the molecule is COC1CC(C=CC(=O)OCC2OC(OC3C(OC4CC5C(OC6OC(CO)C(O)C(O)C6O)CC(O)CC5OC4C4CCC(O)CC4)OC(COC(=O)C=CC4CCC(O)C(O)C4)C(O)C3O)C(O)C(O)C2O)CCC1O. The van der Waals surface area contributed by atoms with Crippen LogP contribution in [0.25, 0.3) is 0 Å². The quantitative estimate of drug-likeness (QED) is 0.0483. The fourth-order valence-corrected chi connectivity index (χ4v) is 12.4. The first-order valence-corrected chi connectivity index (χ1v) is 27.5. The monoisotopic (exact) mass is 1120 g/mol. The number of aliphatic hydroxyl groups excluding tert-OH is 14. The number of hydrogen-bond acceptors (Lipinski definition) is 26. The van der Waals surface area contributed by atoms with E-state index in [0.29, 0.717) is 57.8 Å². The molecular weight excluding hydrogens is 1040 g/mol. The van der Waals surface area contributed by atoms with Crippen LogP contribution < -0.4 is 0 Å². The smallest absolute Gasteiger partial charge is 0.330 e. The highest BCUT2D eigenvalue weighted by molar-refractivity contribution is 5.82. The standard InChI is InChI=1S/C52H82O26/c1-69-33-15-23(3-11-29(33)57)5-13-39(60)70-20-36-41(62)44(65)47(68)51(76-36)78-49-45(66)42(63)37(21-71-38(59)12-4-22-2-10-28(56)30(58)14-22)77-52(49)74-34-18-27-31(72-48(34)24-6-8-25(54)9-7-24)16-26(55)17-32(27)73-50-46(67)43(64)40(61)35(19-53)75-50/h4-5,12-13,22-37,40-58,61-68H,2-3,6-11,14-21H2,1H3. The summed E-state index contributed by atoms with van der Waals surface area (Å²) in [4.78, 5) is 26.0. The van der Waals surface area contributed by atoms with E-state index in [-0.39, 0.29) is 43.4 Å². The fourth-order valence-electron chi connectivity index (χ4n) is 12.4. The van der Waals surface area contributed by atoms with Gasteiger partial charge in [0.15, 0.2) is 18.9 Å². The van der Waals surface area contributed by atoms with E-state index in [2.05, 4.69) is 0 Å². The molecule has 27 atom stereocenters. The number of aliphatic hydroxyl groups is 14. The summed E-state index contributed by atoms with van der Waals surface area (Å²) in [6, 6.07) is 0. The van der Waals surface area contributed by atoms with Crippen LogP contribution in [-0.2, 0) is 57.0 Å². The Hall–Kier alpha value is -2.46. The van der Waals surface area contributed by atoms with Crippen LogP contribution >= 0.6 is 0 Å². The molecule has 0 bridgehead atoms. The lowest BCUT2D eigenvalue weighted by Crippen LogP contribution is -2.66. The molecular formula is C52H82O26. The van der Waals surface area contributed by atoms with Crippen LogP contribution in [0.15, 0.2) is 24.3 Å².